The highest BCUT2D eigenvalue weighted by atomic mass is 19.4. The minimum atomic E-state index is -4.42. The Morgan fingerprint density at radius 2 is 1.76 bits per heavy atom. The van der Waals surface area contributed by atoms with Crippen molar-refractivity contribution in [3.05, 3.63) is 77.1 Å². The van der Waals surface area contributed by atoms with Gasteiger partial charge in [-0.3, -0.25) is 4.79 Å². The van der Waals surface area contributed by atoms with Crippen LogP contribution in [-0.2, 0) is 15.7 Å². The highest BCUT2D eigenvalue weighted by Gasteiger charge is 2.36. The fourth-order valence-electron chi connectivity index (χ4n) is 3.98. The zero-order valence-electron chi connectivity index (χ0n) is 15.2. The maximum atomic E-state index is 13.1. The molecule has 4 nitrogen and oxygen atoms in total. The molecule has 0 saturated carbocycles. The van der Waals surface area contributed by atoms with E-state index in [9.17, 15) is 18.0 Å². The van der Waals surface area contributed by atoms with Crippen LogP contribution < -0.4 is 0 Å². The number of hydrogen-bond donors (Lipinski definition) is 0. The lowest BCUT2D eigenvalue weighted by atomic mass is 9.95. The molecule has 1 unspecified atom stereocenters. The molecule has 2 aromatic carbocycles. The van der Waals surface area contributed by atoms with Gasteiger partial charge in [0, 0.05) is 22.9 Å². The molecule has 1 saturated heterocycles. The van der Waals surface area contributed by atoms with Crippen molar-refractivity contribution in [3.63, 3.8) is 0 Å². The molecule has 0 spiro atoms. The van der Waals surface area contributed by atoms with E-state index in [1.165, 1.54) is 12.1 Å². The van der Waals surface area contributed by atoms with Crippen molar-refractivity contribution in [2.75, 3.05) is 19.8 Å². The van der Waals surface area contributed by atoms with Crippen molar-refractivity contribution >= 4 is 5.78 Å². The summed E-state index contributed by atoms with van der Waals surface area (Å²) in [4.78, 5) is 13.1. The zero-order valence-corrected chi connectivity index (χ0v) is 15.2. The first kappa shape index (κ1) is 18.1. The summed E-state index contributed by atoms with van der Waals surface area (Å²) in [6.07, 6.45) is -2.97. The largest absolute Gasteiger partial charge is 0.416 e. The average Bonchev–Trinajstić information content (AvgIpc) is 3.25. The van der Waals surface area contributed by atoms with E-state index in [1.807, 2.05) is 18.3 Å². The number of halogens is 3. The number of carbonyl (C=O) groups excluding carboxylic acids is 1. The molecule has 0 radical (unpaired) electrons. The third-order valence-corrected chi connectivity index (χ3v) is 5.32. The lowest BCUT2D eigenvalue weighted by Crippen LogP contribution is -2.22. The molecule has 2 aliphatic rings. The summed E-state index contributed by atoms with van der Waals surface area (Å²) in [5.41, 5.74) is 2.90. The molecule has 5 rings (SSSR count). The smallest absolute Gasteiger partial charge is 0.376 e. The number of ether oxygens (including phenoxy) is 2. The van der Waals surface area contributed by atoms with Crippen LogP contribution in [0, 0.1) is 0 Å². The summed E-state index contributed by atoms with van der Waals surface area (Å²) >= 11 is 0. The predicted octanol–water partition coefficient (Wildman–Crippen LogP) is 4.80. The van der Waals surface area contributed by atoms with Crippen LogP contribution in [0.15, 0.2) is 54.7 Å². The van der Waals surface area contributed by atoms with Gasteiger partial charge >= 0.3 is 6.18 Å². The van der Waals surface area contributed by atoms with Gasteiger partial charge in [0.15, 0.2) is 0 Å². The lowest BCUT2D eigenvalue weighted by Gasteiger charge is -2.24. The van der Waals surface area contributed by atoms with Gasteiger partial charge in [-0.1, -0.05) is 24.3 Å². The van der Waals surface area contributed by atoms with Gasteiger partial charge in [0.2, 0.25) is 5.78 Å². The molecule has 3 aromatic rings. The maximum Gasteiger partial charge on any atom is 0.416 e. The minimum Gasteiger partial charge on any atom is -0.376 e. The van der Waals surface area contributed by atoms with Gasteiger partial charge < -0.3 is 14.0 Å². The molecule has 3 heterocycles. The molecular formula is C22H16F3NO3. The molecule has 0 N–H and O–H groups in total. The van der Waals surface area contributed by atoms with Gasteiger partial charge in [-0.15, -0.1) is 0 Å². The Morgan fingerprint density at radius 3 is 2.45 bits per heavy atom. The first-order valence-corrected chi connectivity index (χ1v) is 9.21. The van der Waals surface area contributed by atoms with E-state index in [1.54, 1.807) is 16.7 Å². The van der Waals surface area contributed by atoms with Gasteiger partial charge in [-0.25, -0.2) is 0 Å². The van der Waals surface area contributed by atoms with E-state index >= 15 is 0 Å². The standard InChI is InChI=1S/C22H16F3NO3/c23-22(24,25)14-7-5-13(6-8-14)19-16(18-12-28-9-10-29-18)11-26-17-4-2-1-3-15(17)21(27)20(19)26/h1-8,11,18H,9-10,12H2. The van der Waals surface area contributed by atoms with E-state index < -0.39 is 11.7 Å². The first-order valence-electron chi connectivity index (χ1n) is 9.21. The molecule has 7 heteroatoms. The number of nitrogens with zero attached hydrogens (tertiary/aromatic N) is 1. The van der Waals surface area contributed by atoms with Crippen molar-refractivity contribution < 1.29 is 27.4 Å². The third kappa shape index (κ3) is 2.89. The number of benzene rings is 2. The number of hydrogen-bond acceptors (Lipinski definition) is 3. The first-order chi connectivity index (χ1) is 13.9. The topological polar surface area (TPSA) is 40.5 Å². The Morgan fingerprint density at radius 1 is 1.00 bits per heavy atom. The predicted molar refractivity (Wildman–Crippen MR) is 99.2 cm³/mol. The molecule has 1 fully saturated rings. The van der Waals surface area contributed by atoms with Crippen molar-refractivity contribution in [2.24, 2.45) is 0 Å². The van der Waals surface area contributed by atoms with Crippen LogP contribution in [0.3, 0.4) is 0 Å². The Bertz CT molecular complexity index is 1090. The molecule has 1 aromatic heterocycles. The second-order valence-electron chi connectivity index (χ2n) is 7.03. The van der Waals surface area contributed by atoms with Crippen LogP contribution in [-0.4, -0.2) is 30.2 Å². The molecular weight excluding hydrogens is 383 g/mol. The quantitative estimate of drug-likeness (QED) is 0.486. The Hall–Kier alpha value is -2.90. The van der Waals surface area contributed by atoms with Crippen LogP contribution in [0.5, 0.6) is 0 Å². The molecule has 2 aliphatic heterocycles. The summed E-state index contributed by atoms with van der Waals surface area (Å²) in [6, 6.07) is 12.1. The van der Waals surface area contributed by atoms with E-state index in [-0.39, 0.29) is 11.9 Å². The highest BCUT2D eigenvalue weighted by Crippen LogP contribution is 2.42. The van der Waals surface area contributed by atoms with Gasteiger partial charge in [0.1, 0.15) is 11.8 Å². The summed E-state index contributed by atoms with van der Waals surface area (Å²) in [6.45, 7) is 1.23. The number of rotatable bonds is 2. The maximum absolute atomic E-state index is 13.1. The fourth-order valence-corrected chi connectivity index (χ4v) is 3.98. The van der Waals surface area contributed by atoms with Gasteiger partial charge in [0.25, 0.3) is 0 Å². The molecule has 1 atom stereocenters. The van der Waals surface area contributed by atoms with Crippen molar-refractivity contribution in [1.82, 2.24) is 4.57 Å². The molecule has 29 heavy (non-hydrogen) atoms. The second-order valence-corrected chi connectivity index (χ2v) is 7.03. The number of fused-ring (bicyclic) bond motifs is 3. The van der Waals surface area contributed by atoms with Crippen LogP contribution in [0.25, 0.3) is 16.8 Å². The SMILES string of the molecule is O=C1c2ccccc2-n2cc(C3COCCO3)c(-c3ccc(C(F)(F)F)cc3)c21. The molecule has 0 amide bonds. The Kier molecular flexibility index (Phi) is 4.11. The fraction of sp³-hybridized carbons (Fsp3) is 0.227. The third-order valence-electron chi connectivity index (χ3n) is 5.32. The van der Waals surface area contributed by atoms with E-state index in [0.29, 0.717) is 42.2 Å². The van der Waals surface area contributed by atoms with Gasteiger partial charge in [0.05, 0.1) is 31.1 Å². The molecule has 0 bridgehead atoms. The molecule has 0 aliphatic carbocycles. The Labute approximate surface area is 164 Å². The summed E-state index contributed by atoms with van der Waals surface area (Å²) in [5.74, 6) is -0.154. The second kappa shape index (κ2) is 6.57. The number of ketones is 1. The van der Waals surface area contributed by atoms with E-state index in [2.05, 4.69) is 0 Å². The van der Waals surface area contributed by atoms with Crippen molar-refractivity contribution in [2.45, 2.75) is 12.3 Å². The number of aromatic nitrogens is 1. The Balaban J connectivity index is 1.70. The van der Waals surface area contributed by atoms with Crippen LogP contribution >= 0.6 is 0 Å². The number of alkyl halides is 3. The summed E-state index contributed by atoms with van der Waals surface area (Å²) in [5, 5.41) is 0. The van der Waals surface area contributed by atoms with E-state index in [0.717, 1.165) is 23.4 Å². The van der Waals surface area contributed by atoms with Crippen LogP contribution in [0.4, 0.5) is 13.2 Å². The minimum absolute atomic E-state index is 0.154. The van der Waals surface area contributed by atoms with Gasteiger partial charge in [-0.05, 0) is 29.8 Å². The lowest BCUT2D eigenvalue weighted by molar-refractivity contribution is -0.137. The number of carbonyl (C=O) groups is 1. The average molecular weight is 399 g/mol. The number of para-hydroxylation sites is 1. The van der Waals surface area contributed by atoms with Gasteiger partial charge in [-0.2, -0.15) is 13.2 Å². The summed E-state index contributed by atoms with van der Waals surface area (Å²) < 4.78 is 52.2. The monoisotopic (exact) mass is 399 g/mol. The molecule has 148 valence electrons. The van der Waals surface area contributed by atoms with Crippen molar-refractivity contribution in [3.8, 4) is 16.8 Å². The summed E-state index contributed by atoms with van der Waals surface area (Å²) in [7, 11) is 0. The van der Waals surface area contributed by atoms with Crippen LogP contribution in [0.2, 0.25) is 0 Å². The highest BCUT2D eigenvalue weighted by molar-refractivity contribution is 6.17. The zero-order chi connectivity index (χ0) is 20.2. The van der Waals surface area contributed by atoms with Crippen LogP contribution in [0.1, 0.15) is 33.3 Å². The van der Waals surface area contributed by atoms with Crippen molar-refractivity contribution in [1.29, 1.82) is 0 Å². The van der Waals surface area contributed by atoms with E-state index in [4.69, 9.17) is 9.47 Å². The normalized spacial score (nSPS) is 18.6.